The highest BCUT2D eigenvalue weighted by atomic mass is 35.5. The van der Waals surface area contributed by atoms with Crippen molar-refractivity contribution in [3.63, 3.8) is 0 Å². The highest BCUT2D eigenvalue weighted by Gasteiger charge is 2.32. The molecule has 2 unspecified atom stereocenters. The Morgan fingerprint density at radius 1 is 1.03 bits per heavy atom. The van der Waals surface area contributed by atoms with Gasteiger partial charge in [0.15, 0.2) is 27.3 Å². The molecule has 30 heavy (non-hydrogen) atoms. The largest absolute Gasteiger partial charge is 0.393 e. The maximum Gasteiger partial charge on any atom is 0.255 e. The van der Waals surface area contributed by atoms with Gasteiger partial charge in [0.2, 0.25) is 0 Å². The molecular weight excluding hydrogens is 443 g/mol. The van der Waals surface area contributed by atoms with Gasteiger partial charge in [0.05, 0.1) is 21.3 Å². The van der Waals surface area contributed by atoms with E-state index in [0.717, 1.165) is 6.07 Å². The molecule has 2 atom stereocenters. The van der Waals surface area contributed by atoms with Gasteiger partial charge >= 0.3 is 0 Å². The number of sulfone groups is 1. The summed E-state index contributed by atoms with van der Waals surface area (Å²) in [6.07, 6.45) is 1.50. The van der Waals surface area contributed by atoms with E-state index in [2.05, 4.69) is 5.32 Å². The number of hydrogen-bond donors (Lipinski definition) is 2. The van der Waals surface area contributed by atoms with Crippen LogP contribution in [0.5, 0.6) is 0 Å². The van der Waals surface area contributed by atoms with Crippen molar-refractivity contribution in [2.75, 3.05) is 5.32 Å². The van der Waals surface area contributed by atoms with Crippen LogP contribution in [-0.4, -0.2) is 30.8 Å². The van der Waals surface area contributed by atoms with Crippen LogP contribution in [0.3, 0.4) is 0 Å². The second-order valence-corrected chi connectivity index (χ2v) is 9.79. The summed E-state index contributed by atoms with van der Waals surface area (Å²) in [5, 5.41) is 11.2. The Hall–Kier alpha value is -2.10. The second-order valence-electron chi connectivity index (χ2n) is 7.18. The summed E-state index contributed by atoms with van der Waals surface area (Å²) in [5.41, 5.74) is -0.426. The zero-order chi connectivity index (χ0) is 22.1. The molecule has 2 N–H and O–H groups in total. The number of nitrogens with one attached hydrogen (secondary N) is 1. The van der Waals surface area contributed by atoms with Gasteiger partial charge < -0.3 is 10.4 Å². The Balaban J connectivity index is 1.88. The zero-order valence-electron chi connectivity index (χ0n) is 15.7. The predicted octanol–water partition coefficient (Wildman–Crippen LogP) is 4.48. The highest BCUT2D eigenvalue weighted by Crippen LogP contribution is 2.32. The average molecular weight is 462 g/mol. The quantitative estimate of drug-likeness (QED) is 0.519. The summed E-state index contributed by atoms with van der Waals surface area (Å²) in [4.78, 5) is 12.2. The lowest BCUT2D eigenvalue weighted by Gasteiger charge is -2.17. The molecule has 5 nitrogen and oxygen atoms in total. The van der Waals surface area contributed by atoms with E-state index in [9.17, 15) is 31.5 Å². The van der Waals surface area contributed by atoms with E-state index in [1.54, 1.807) is 0 Å². The molecule has 162 valence electrons. The fourth-order valence-corrected chi connectivity index (χ4v) is 5.79. The molecule has 10 heteroatoms. The lowest BCUT2D eigenvalue weighted by atomic mass is 10.2. The van der Waals surface area contributed by atoms with Crippen molar-refractivity contribution in [3.05, 3.63) is 58.4 Å². The van der Waals surface area contributed by atoms with Gasteiger partial charge in [-0.2, -0.15) is 0 Å². The summed E-state index contributed by atoms with van der Waals surface area (Å²) >= 11 is 6.09. The van der Waals surface area contributed by atoms with Gasteiger partial charge in [0.25, 0.3) is 5.91 Å². The van der Waals surface area contributed by atoms with Crippen LogP contribution in [0.2, 0.25) is 5.02 Å². The smallest absolute Gasteiger partial charge is 0.255 e. The molecule has 0 aliphatic heterocycles. The van der Waals surface area contributed by atoms with Crippen molar-refractivity contribution < 1.29 is 31.5 Å². The van der Waals surface area contributed by atoms with E-state index in [-0.39, 0.29) is 27.6 Å². The van der Waals surface area contributed by atoms with Crippen LogP contribution in [0.4, 0.5) is 18.9 Å². The Morgan fingerprint density at radius 3 is 2.37 bits per heavy atom. The van der Waals surface area contributed by atoms with Crippen LogP contribution < -0.4 is 5.32 Å². The van der Waals surface area contributed by atoms with Crippen LogP contribution in [0.1, 0.15) is 42.5 Å². The third-order valence-electron chi connectivity index (χ3n) is 5.07. The fraction of sp³-hybridized carbons (Fsp3) is 0.350. The first-order valence-corrected chi connectivity index (χ1v) is 11.2. The van der Waals surface area contributed by atoms with Crippen LogP contribution in [0.25, 0.3) is 0 Å². The van der Waals surface area contributed by atoms with Crippen molar-refractivity contribution >= 4 is 33.0 Å². The first-order chi connectivity index (χ1) is 14.1. The molecule has 1 saturated carbocycles. The van der Waals surface area contributed by atoms with Gasteiger partial charge in [0, 0.05) is 23.4 Å². The lowest BCUT2D eigenvalue weighted by Crippen LogP contribution is -2.22. The highest BCUT2D eigenvalue weighted by molar-refractivity contribution is 7.92. The zero-order valence-corrected chi connectivity index (χ0v) is 17.2. The Kier molecular flexibility index (Phi) is 6.74. The Morgan fingerprint density at radius 2 is 1.70 bits per heavy atom. The van der Waals surface area contributed by atoms with Gasteiger partial charge in [-0.05, 0) is 50.3 Å². The first-order valence-electron chi connectivity index (χ1n) is 9.27. The standard InChI is InChI=1S/C20H19ClF3NO4S/c21-15-7-4-11(20(27)25-12-9-16(22)19(24)17(23)10-12)8-18(15)30(28,29)14-3-1-2-13(26)5-6-14/h4,7-10,13-14,26H,1-3,5-6H2,(H,25,27). The minimum Gasteiger partial charge on any atom is -0.393 e. The molecule has 0 saturated heterocycles. The molecule has 1 aliphatic carbocycles. The van der Waals surface area contributed by atoms with Crippen LogP contribution >= 0.6 is 11.6 Å². The molecule has 1 amide bonds. The van der Waals surface area contributed by atoms with Crippen LogP contribution in [0.15, 0.2) is 35.2 Å². The Bertz CT molecular complexity index is 1050. The first kappa shape index (κ1) is 22.6. The molecule has 0 aromatic heterocycles. The van der Waals surface area contributed by atoms with E-state index in [1.807, 2.05) is 0 Å². The summed E-state index contributed by atoms with van der Waals surface area (Å²) in [6.45, 7) is 0. The fourth-order valence-electron chi connectivity index (χ4n) is 3.43. The SMILES string of the molecule is O=C(Nc1cc(F)c(F)c(F)c1)c1ccc(Cl)c(S(=O)(=O)C2CCCC(O)CC2)c1. The van der Waals surface area contributed by atoms with E-state index < -0.39 is 44.5 Å². The topological polar surface area (TPSA) is 83.5 Å². The molecule has 1 aliphatic rings. The molecular formula is C20H19ClF3NO4S. The summed E-state index contributed by atoms with van der Waals surface area (Å²) < 4.78 is 66.0. The molecule has 0 bridgehead atoms. The maximum absolute atomic E-state index is 13.4. The van der Waals surface area contributed by atoms with Gasteiger partial charge in [-0.15, -0.1) is 0 Å². The third kappa shape index (κ3) is 4.79. The van der Waals surface area contributed by atoms with E-state index in [4.69, 9.17) is 11.6 Å². The molecule has 0 heterocycles. The molecule has 1 fully saturated rings. The monoisotopic (exact) mass is 461 g/mol. The van der Waals surface area contributed by atoms with E-state index >= 15 is 0 Å². The summed E-state index contributed by atoms with van der Waals surface area (Å²) in [7, 11) is -3.88. The normalized spacial score (nSPS) is 19.9. The summed E-state index contributed by atoms with van der Waals surface area (Å²) in [5.74, 6) is -5.45. The molecule has 2 aromatic rings. The molecule has 0 radical (unpaired) electrons. The number of carbonyl (C=O) groups excluding carboxylic acids is 1. The minimum absolute atomic E-state index is 0.0600. The van der Waals surface area contributed by atoms with E-state index in [1.165, 1.54) is 12.1 Å². The number of rotatable bonds is 4. The number of hydrogen-bond acceptors (Lipinski definition) is 4. The average Bonchev–Trinajstić information content (AvgIpc) is 2.91. The number of amides is 1. The van der Waals surface area contributed by atoms with Gasteiger partial charge in [-0.1, -0.05) is 11.6 Å². The number of carbonyl (C=O) groups is 1. The number of halogens is 4. The van der Waals surface area contributed by atoms with Crippen molar-refractivity contribution in [2.45, 2.75) is 48.4 Å². The lowest BCUT2D eigenvalue weighted by molar-refractivity contribution is 0.102. The summed E-state index contributed by atoms with van der Waals surface area (Å²) in [6, 6.07) is 4.84. The van der Waals surface area contributed by atoms with Crippen molar-refractivity contribution in [2.24, 2.45) is 0 Å². The van der Waals surface area contributed by atoms with Gasteiger partial charge in [0.1, 0.15) is 0 Å². The van der Waals surface area contributed by atoms with Gasteiger partial charge in [-0.3, -0.25) is 4.79 Å². The molecule has 3 rings (SSSR count). The van der Waals surface area contributed by atoms with E-state index in [0.29, 0.717) is 37.8 Å². The van der Waals surface area contributed by atoms with Crippen molar-refractivity contribution in [1.29, 1.82) is 0 Å². The second kappa shape index (κ2) is 8.95. The number of aliphatic hydroxyl groups is 1. The number of anilines is 1. The molecule has 0 spiro atoms. The van der Waals surface area contributed by atoms with Gasteiger partial charge in [-0.25, -0.2) is 21.6 Å². The molecule has 2 aromatic carbocycles. The maximum atomic E-state index is 13.4. The third-order valence-corrected chi connectivity index (χ3v) is 7.81. The van der Waals surface area contributed by atoms with Crippen LogP contribution in [0, 0.1) is 17.5 Å². The number of aliphatic hydroxyl groups excluding tert-OH is 1. The van der Waals surface area contributed by atoms with Crippen molar-refractivity contribution in [1.82, 2.24) is 0 Å². The van der Waals surface area contributed by atoms with Crippen molar-refractivity contribution in [3.8, 4) is 0 Å². The predicted molar refractivity (Wildman–Crippen MR) is 106 cm³/mol. The number of benzene rings is 2. The minimum atomic E-state index is -3.88. The van der Waals surface area contributed by atoms with Crippen LogP contribution in [-0.2, 0) is 9.84 Å². The Labute approximate surface area is 176 Å².